The molecule has 0 bridgehead atoms. The second-order valence-electron chi connectivity index (χ2n) is 2.35. The first kappa shape index (κ1) is 7.93. The van der Waals surface area contributed by atoms with Gasteiger partial charge in [-0.3, -0.25) is 0 Å². The summed E-state index contributed by atoms with van der Waals surface area (Å²) in [5.41, 5.74) is 0.346. The van der Waals surface area contributed by atoms with Gasteiger partial charge in [-0.15, -0.1) is 9.24 Å². The lowest BCUT2D eigenvalue weighted by molar-refractivity contribution is 0.112. The van der Waals surface area contributed by atoms with Crippen molar-refractivity contribution in [3.05, 3.63) is 12.3 Å². The van der Waals surface area contributed by atoms with Gasteiger partial charge in [-0.1, -0.05) is 6.08 Å². The van der Waals surface area contributed by atoms with E-state index >= 15 is 0 Å². The van der Waals surface area contributed by atoms with Crippen LogP contribution in [0.1, 0.15) is 0 Å². The number of hydrogen-bond donors (Lipinski definition) is 0. The van der Waals surface area contributed by atoms with E-state index in [4.69, 9.17) is 0 Å². The molecule has 0 saturated heterocycles. The molecule has 1 aliphatic heterocycles. The molecule has 0 aromatic heterocycles. The quantitative estimate of drug-likeness (QED) is 0.558. The van der Waals surface area contributed by atoms with Gasteiger partial charge in [0.1, 0.15) is 0 Å². The number of nitrogens with zero attached hydrogens (tertiary/aromatic N) is 1. The van der Waals surface area contributed by atoms with Gasteiger partial charge in [0.15, 0.2) is 0 Å². The average molecular weight is 165 g/mol. The van der Waals surface area contributed by atoms with Crippen molar-refractivity contribution in [1.82, 2.24) is 4.90 Å². The highest BCUT2D eigenvalue weighted by molar-refractivity contribution is 7.18. The Hall–Kier alpha value is -0.170. The van der Waals surface area contributed by atoms with Crippen LogP contribution in [0.3, 0.4) is 0 Å². The standard InChI is InChI=1S/C6H10F2NP/c7-6(8)4-9-2-1-5(10)3-9/h1-2,5-6H,3-4,10H2. The predicted octanol–water partition coefficient (Wildman–Crippen LogP) is 1.32. The highest BCUT2D eigenvalue weighted by Crippen LogP contribution is 2.13. The molecule has 1 aliphatic rings. The molecular weight excluding hydrogens is 155 g/mol. The third kappa shape index (κ3) is 2.22. The van der Waals surface area contributed by atoms with E-state index in [0.29, 0.717) is 12.2 Å². The molecule has 0 N–H and O–H groups in total. The molecule has 0 saturated carbocycles. The van der Waals surface area contributed by atoms with E-state index < -0.39 is 6.43 Å². The molecule has 2 unspecified atom stereocenters. The highest BCUT2D eigenvalue weighted by Gasteiger charge is 2.14. The fourth-order valence-corrected chi connectivity index (χ4v) is 1.31. The first-order chi connectivity index (χ1) is 4.68. The molecule has 2 atom stereocenters. The summed E-state index contributed by atoms with van der Waals surface area (Å²) in [4.78, 5) is 1.63. The van der Waals surface area contributed by atoms with Crippen molar-refractivity contribution in [2.75, 3.05) is 13.1 Å². The van der Waals surface area contributed by atoms with Crippen molar-refractivity contribution in [2.24, 2.45) is 0 Å². The fraction of sp³-hybridized carbons (Fsp3) is 0.667. The molecule has 0 spiro atoms. The summed E-state index contributed by atoms with van der Waals surface area (Å²) in [6.45, 7) is 0.566. The maximum atomic E-state index is 11.7. The smallest absolute Gasteiger partial charge is 0.255 e. The second-order valence-corrected chi connectivity index (χ2v) is 3.21. The van der Waals surface area contributed by atoms with Crippen LogP contribution in [-0.2, 0) is 0 Å². The minimum absolute atomic E-state index is 0.137. The molecule has 1 heterocycles. The molecule has 0 aromatic carbocycles. The zero-order valence-corrected chi connectivity index (χ0v) is 6.66. The van der Waals surface area contributed by atoms with Gasteiger partial charge >= 0.3 is 0 Å². The van der Waals surface area contributed by atoms with Crippen LogP contribution in [0.15, 0.2) is 12.3 Å². The maximum absolute atomic E-state index is 11.7. The van der Waals surface area contributed by atoms with Crippen LogP contribution < -0.4 is 0 Å². The molecule has 10 heavy (non-hydrogen) atoms. The molecule has 1 nitrogen and oxygen atoms in total. The summed E-state index contributed by atoms with van der Waals surface area (Å²) in [5.74, 6) is 0. The van der Waals surface area contributed by atoms with Crippen molar-refractivity contribution in [2.45, 2.75) is 12.1 Å². The third-order valence-electron chi connectivity index (χ3n) is 1.36. The number of rotatable bonds is 2. The third-order valence-corrected chi connectivity index (χ3v) is 1.79. The molecule has 58 valence electrons. The molecule has 0 fully saturated rings. The average Bonchev–Trinajstić information content (AvgIpc) is 2.13. The molecule has 0 aromatic rings. The van der Waals surface area contributed by atoms with Crippen LogP contribution >= 0.6 is 9.24 Å². The molecule has 4 heteroatoms. The van der Waals surface area contributed by atoms with Crippen LogP contribution in [0.5, 0.6) is 0 Å². The van der Waals surface area contributed by atoms with Gasteiger partial charge in [0.05, 0.1) is 6.54 Å². The SMILES string of the molecule is FC(F)CN1C=CC(P)C1. The Kier molecular flexibility index (Phi) is 2.61. The first-order valence-electron chi connectivity index (χ1n) is 3.14. The van der Waals surface area contributed by atoms with E-state index in [-0.39, 0.29) is 6.54 Å². The number of alkyl halides is 2. The van der Waals surface area contributed by atoms with Crippen LogP contribution in [0.25, 0.3) is 0 Å². The Bertz CT molecular complexity index is 138. The molecule has 1 rings (SSSR count). The van der Waals surface area contributed by atoms with E-state index in [1.54, 1.807) is 11.1 Å². The summed E-state index contributed by atoms with van der Waals surface area (Å²) in [6.07, 6.45) is 1.41. The Balaban J connectivity index is 2.26. The van der Waals surface area contributed by atoms with Crippen LogP contribution in [0, 0.1) is 0 Å². The Morgan fingerprint density at radius 2 is 2.40 bits per heavy atom. The lowest BCUT2D eigenvalue weighted by Gasteiger charge is -2.15. The zero-order chi connectivity index (χ0) is 7.56. The van der Waals surface area contributed by atoms with Crippen LogP contribution in [0.4, 0.5) is 8.78 Å². The Morgan fingerprint density at radius 1 is 1.70 bits per heavy atom. The molecule has 0 radical (unpaired) electrons. The summed E-state index contributed by atoms with van der Waals surface area (Å²) in [5, 5.41) is 0. The van der Waals surface area contributed by atoms with E-state index in [9.17, 15) is 8.78 Å². The monoisotopic (exact) mass is 165 g/mol. The van der Waals surface area contributed by atoms with Crippen LogP contribution in [0.2, 0.25) is 0 Å². The normalized spacial score (nSPS) is 24.8. The Labute approximate surface area is 61.3 Å². The second kappa shape index (κ2) is 3.29. The fourth-order valence-electron chi connectivity index (χ4n) is 0.937. The minimum atomic E-state index is -2.22. The van der Waals surface area contributed by atoms with Gasteiger partial charge in [0.25, 0.3) is 6.43 Å². The number of hydrogen-bond acceptors (Lipinski definition) is 1. The van der Waals surface area contributed by atoms with Gasteiger partial charge in [0.2, 0.25) is 0 Å². The summed E-state index contributed by atoms with van der Waals surface area (Å²) in [7, 11) is 2.58. The topological polar surface area (TPSA) is 3.24 Å². The first-order valence-corrected chi connectivity index (χ1v) is 3.81. The van der Waals surface area contributed by atoms with Gasteiger partial charge < -0.3 is 4.90 Å². The van der Waals surface area contributed by atoms with Crippen molar-refractivity contribution in [3.63, 3.8) is 0 Å². The van der Waals surface area contributed by atoms with Gasteiger partial charge in [-0.2, -0.15) is 0 Å². The van der Waals surface area contributed by atoms with E-state index in [1.807, 2.05) is 6.08 Å². The molecular formula is C6H10F2NP. The summed E-state index contributed by atoms with van der Waals surface area (Å²) < 4.78 is 23.5. The van der Waals surface area contributed by atoms with Crippen molar-refractivity contribution in [1.29, 1.82) is 0 Å². The van der Waals surface area contributed by atoms with Crippen molar-refractivity contribution >= 4 is 9.24 Å². The van der Waals surface area contributed by atoms with Gasteiger partial charge in [-0.05, 0) is 6.20 Å². The maximum Gasteiger partial charge on any atom is 0.255 e. The predicted molar refractivity (Wildman–Crippen MR) is 40.2 cm³/mol. The van der Waals surface area contributed by atoms with Crippen LogP contribution in [-0.4, -0.2) is 30.1 Å². The Morgan fingerprint density at radius 3 is 2.80 bits per heavy atom. The lowest BCUT2D eigenvalue weighted by Crippen LogP contribution is -2.24. The largest absolute Gasteiger partial charge is 0.371 e. The van der Waals surface area contributed by atoms with E-state index in [0.717, 1.165) is 0 Å². The molecule has 0 aliphatic carbocycles. The lowest BCUT2D eigenvalue weighted by atomic mass is 10.4. The zero-order valence-electron chi connectivity index (χ0n) is 5.50. The van der Waals surface area contributed by atoms with Gasteiger partial charge in [-0.25, -0.2) is 8.78 Å². The highest BCUT2D eigenvalue weighted by atomic mass is 31.0. The summed E-state index contributed by atoms with van der Waals surface area (Å²) in [6, 6.07) is 0. The number of halogens is 2. The summed E-state index contributed by atoms with van der Waals surface area (Å²) >= 11 is 0. The van der Waals surface area contributed by atoms with E-state index in [1.165, 1.54) is 0 Å². The van der Waals surface area contributed by atoms with Gasteiger partial charge in [0, 0.05) is 12.2 Å². The van der Waals surface area contributed by atoms with E-state index in [2.05, 4.69) is 9.24 Å². The van der Waals surface area contributed by atoms with Crippen molar-refractivity contribution in [3.8, 4) is 0 Å². The molecule has 0 amide bonds. The van der Waals surface area contributed by atoms with Crippen molar-refractivity contribution < 1.29 is 8.78 Å². The minimum Gasteiger partial charge on any atom is -0.371 e.